The molecule has 0 spiro atoms. The summed E-state index contributed by atoms with van der Waals surface area (Å²) >= 11 is 0. The largest absolute Gasteiger partial charge is 0.484 e. The molecular weight excluding hydrogens is 331 g/mol. The first-order valence-electron chi connectivity index (χ1n) is 7.65. The van der Waals surface area contributed by atoms with Crippen LogP contribution in [0.15, 0.2) is 47.5 Å². The smallest absolute Gasteiger partial charge is 0.422 e. The zero-order valence-corrected chi connectivity index (χ0v) is 14.0. The number of anilines is 1. The lowest BCUT2D eigenvalue weighted by atomic mass is 10.1. The van der Waals surface area contributed by atoms with Crippen LogP contribution in [0.25, 0.3) is 0 Å². The maximum Gasteiger partial charge on any atom is 0.422 e. The van der Waals surface area contributed by atoms with Gasteiger partial charge in [0.15, 0.2) is 12.6 Å². The zero-order chi connectivity index (χ0) is 18.4. The van der Waals surface area contributed by atoms with E-state index in [0.717, 1.165) is 16.8 Å². The Morgan fingerprint density at radius 3 is 2.36 bits per heavy atom. The maximum atomic E-state index is 12.4. The molecule has 0 aliphatic heterocycles. The van der Waals surface area contributed by atoms with Gasteiger partial charge in [-0.15, -0.1) is 0 Å². The van der Waals surface area contributed by atoms with E-state index in [-0.39, 0.29) is 18.3 Å². The fourth-order valence-corrected chi connectivity index (χ4v) is 2.08. The number of hydrogen-bond donors (Lipinski definition) is 2. The second kappa shape index (κ2) is 7.92. The van der Waals surface area contributed by atoms with E-state index >= 15 is 0 Å². The second-order valence-corrected chi connectivity index (χ2v) is 5.71. The lowest BCUT2D eigenvalue weighted by molar-refractivity contribution is -0.153. The zero-order valence-electron chi connectivity index (χ0n) is 14.0. The van der Waals surface area contributed by atoms with E-state index in [0.29, 0.717) is 5.56 Å². The first kappa shape index (κ1) is 18.6. The molecule has 0 saturated carbocycles. The Kier molecular flexibility index (Phi) is 5.90. The van der Waals surface area contributed by atoms with Crippen LogP contribution < -0.4 is 15.8 Å². The summed E-state index contributed by atoms with van der Waals surface area (Å²) in [5.74, 6) is 0.329. The predicted octanol–water partition coefficient (Wildman–Crippen LogP) is 4.17. The molecule has 0 unspecified atom stereocenters. The van der Waals surface area contributed by atoms with Crippen LogP contribution in [0.4, 0.5) is 18.9 Å². The van der Waals surface area contributed by atoms with E-state index in [1.807, 2.05) is 31.2 Å². The Bertz CT molecular complexity index is 740. The number of ether oxygens (including phenoxy) is 1. The molecule has 0 aliphatic carbocycles. The molecule has 0 saturated heterocycles. The molecule has 0 aliphatic rings. The number of rotatable bonds is 5. The quantitative estimate of drug-likeness (QED) is 0.628. The highest BCUT2D eigenvalue weighted by molar-refractivity contribution is 5.92. The lowest BCUT2D eigenvalue weighted by Gasteiger charge is -2.13. The van der Waals surface area contributed by atoms with Crippen molar-refractivity contribution in [1.82, 2.24) is 0 Å². The number of alkyl halides is 3. The normalized spacial score (nSPS) is 12.1. The number of aliphatic imine (C=N–C) groups is 1. The average molecular weight is 351 g/mol. The molecule has 0 aromatic heterocycles. The SMILES string of the molecule is Cc1ccc(NC(N)=NCc2ccc(C)cc2OCC(F)(F)F)cc1. The molecule has 7 heteroatoms. The molecule has 0 amide bonds. The molecule has 134 valence electrons. The van der Waals surface area contributed by atoms with Crippen LogP contribution in [0.5, 0.6) is 5.75 Å². The topological polar surface area (TPSA) is 59.6 Å². The van der Waals surface area contributed by atoms with Gasteiger partial charge in [-0.25, -0.2) is 4.99 Å². The van der Waals surface area contributed by atoms with E-state index < -0.39 is 12.8 Å². The molecular formula is C18H20F3N3O. The summed E-state index contributed by atoms with van der Waals surface area (Å²) in [6, 6.07) is 12.6. The molecule has 0 heterocycles. The fraction of sp³-hybridized carbons (Fsp3) is 0.278. The van der Waals surface area contributed by atoms with E-state index in [9.17, 15) is 13.2 Å². The van der Waals surface area contributed by atoms with Gasteiger partial charge in [0.05, 0.1) is 6.54 Å². The van der Waals surface area contributed by atoms with Crippen LogP contribution in [-0.2, 0) is 6.54 Å². The van der Waals surface area contributed by atoms with Gasteiger partial charge in [0.2, 0.25) is 0 Å². The minimum absolute atomic E-state index is 0.109. The maximum absolute atomic E-state index is 12.4. The van der Waals surface area contributed by atoms with Crippen LogP contribution in [0.1, 0.15) is 16.7 Å². The summed E-state index contributed by atoms with van der Waals surface area (Å²) in [6.07, 6.45) is -4.39. The summed E-state index contributed by atoms with van der Waals surface area (Å²) in [6.45, 7) is 2.52. The molecule has 3 N–H and O–H groups in total. The first-order valence-corrected chi connectivity index (χ1v) is 7.65. The highest BCUT2D eigenvalue weighted by Gasteiger charge is 2.28. The molecule has 0 bridgehead atoms. The van der Waals surface area contributed by atoms with Gasteiger partial charge in [-0.3, -0.25) is 0 Å². The van der Waals surface area contributed by atoms with Gasteiger partial charge in [0.1, 0.15) is 5.75 Å². The summed E-state index contributed by atoms with van der Waals surface area (Å²) in [7, 11) is 0. The Balaban J connectivity index is 2.06. The van der Waals surface area contributed by atoms with Crippen molar-refractivity contribution in [3.05, 3.63) is 59.2 Å². The van der Waals surface area contributed by atoms with Gasteiger partial charge < -0.3 is 15.8 Å². The van der Waals surface area contributed by atoms with Gasteiger partial charge >= 0.3 is 6.18 Å². The van der Waals surface area contributed by atoms with Gasteiger partial charge in [-0.2, -0.15) is 13.2 Å². The molecule has 0 fully saturated rings. The number of guanidine groups is 1. The third-order valence-electron chi connectivity index (χ3n) is 3.36. The van der Waals surface area contributed by atoms with Gasteiger partial charge in [-0.1, -0.05) is 29.8 Å². The minimum atomic E-state index is -4.39. The lowest BCUT2D eigenvalue weighted by Crippen LogP contribution is -2.22. The molecule has 4 nitrogen and oxygen atoms in total. The summed E-state index contributed by atoms with van der Waals surface area (Å²) in [5.41, 5.74) is 9.06. The van der Waals surface area contributed by atoms with Crippen molar-refractivity contribution in [1.29, 1.82) is 0 Å². The number of nitrogens with two attached hydrogens (primary N) is 1. The monoisotopic (exact) mass is 351 g/mol. The highest BCUT2D eigenvalue weighted by atomic mass is 19.4. The number of nitrogens with zero attached hydrogens (tertiary/aromatic N) is 1. The molecule has 0 atom stereocenters. The van der Waals surface area contributed by atoms with Gasteiger partial charge in [0, 0.05) is 11.3 Å². The van der Waals surface area contributed by atoms with Crippen LogP contribution in [0.3, 0.4) is 0 Å². The van der Waals surface area contributed by atoms with Crippen molar-refractivity contribution in [2.75, 3.05) is 11.9 Å². The molecule has 2 aromatic carbocycles. The molecule has 2 rings (SSSR count). The summed E-state index contributed by atoms with van der Waals surface area (Å²) < 4.78 is 42.0. The molecule has 0 radical (unpaired) electrons. The fourth-order valence-electron chi connectivity index (χ4n) is 2.08. The van der Waals surface area contributed by atoms with E-state index in [1.54, 1.807) is 25.1 Å². The summed E-state index contributed by atoms with van der Waals surface area (Å²) in [5, 5.41) is 2.93. The van der Waals surface area contributed by atoms with E-state index in [1.165, 1.54) is 0 Å². The van der Waals surface area contributed by atoms with Crippen LogP contribution in [0, 0.1) is 13.8 Å². The number of nitrogens with one attached hydrogen (secondary N) is 1. The second-order valence-electron chi connectivity index (χ2n) is 5.71. The standard InChI is InChI=1S/C18H20F3N3O/c1-12-4-7-15(8-5-12)24-17(22)23-10-14-6-3-13(2)9-16(14)25-11-18(19,20)21/h3-9H,10-11H2,1-2H3,(H3,22,23,24). The average Bonchev–Trinajstić information content (AvgIpc) is 2.53. The molecule has 25 heavy (non-hydrogen) atoms. The van der Waals surface area contributed by atoms with Crippen molar-refractivity contribution >= 4 is 11.6 Å². The summed E-state index contributed by atoms with van der Waals surface area (Å²) in [4.78, 5) is 4.17. The Hall–Kier alpha value is -2.70. The number of benzene rings is 2. The Morgan fingerprint density at radius 1 is 1.08 bits per heavy atom. The Morgan fingerprint density at radius 2 is 1.72 bits per heavy atom. The van der Waals surface area contributed by atoms with Crippen LogP contribution in [0.2, 0.25) is 0 Å². The van der Waals surface area contributed by atoms with Crippen LogP contribution in [-0.4, -0.2) is 18.7 Å². The highest BCUT2D eigenvalue weighted by Crippen LogP contribution is 2.24. The van der Waals surface area contributed by atoms with Gasteiger partial charge in [-0.05, 0) is 37.6 Å². The van der Waals surface area contributed by atoms with Crippen LogP contribution >= 0.6 is 0 Å². The number of halogens is 3. The van der Waals surface area contributed by atoms with Crippen molar-refractivity contribution in [2.24, 2.45) is 10.7 Å². The Labute approximate surface area is 144 Å². The van der Waals surface area contributed by atoms with Crippen molar-refractivity contribution in [3.63, 3.8) is 0 Å². The number of hydrogen-bond acceptors (Lipinski definition) is 2. The molecule has 2 aromatic rings. The van der Waals surface area contributed by atoms with Gasteiger partial charge in [0.25, 0.3) is 0 Å². The van der Waals surface area contributed by atoms with Crippen molar-refractivity contribution in [2.45, 2.75) is 26.6 Å². The third kappa shape index (κ3) is 6.37. The third-order valence-corrected chi connectivity index (χ3v) is 3.36. The van der Waals surface area contributed by atoms with Crippen molar-refractivity contribution in [3.8, 4) is 5.75 Å². The van der Waals surface area contributed by atoms with Crippen molar-refractivity contribution < 1.29 is 17.9 Å². The first-order chi connectivity index (χ1) is 11.7. The van der Waals surface area contributed by atoms with E-state index in [4.69, 9.17) is 10.5 Å². The van der Waals surface area contributed by atoms with E-state index in [2.05, 4.69) is 10.3 Å². The minimum Gasteiger partial charge on any atom is -0.484 e. The number of aryl methyl sites for hydroxylation is 2. The predicted molar refractivity (Wildman–Crippen MR) is 92.9 cm³/mol.